The van der Waals surface area contributed by atoms with Gasteiger partial charge in [0.15, 0.2) is 0 Å². The maximum atomic E-state index is 12.8. The first-order chi connectivity index (χ1) is 8.20. The van der Waals surface area contributed by atoms with Crippen molar-refractivity contribution in [2.75, 3.05) is 6.54 Å². The van der Waals surface area contributed by atoms with Gasteiger partial charge in [-0.25, -0.2) is 8.78 Å². The SMILES string of the molecule is CCNC(Cc1ccc2c(c1)CCC2)C(F)F. The number of alkyl halides is 2. The summed E-state index contributed by atoms with van der Waals surface area (Å²) in [5.74, 6) is 0. The number of likely N-dealkylation sites (N-methyl/N-ethyl adjacent to an activating group) is 1. The van der Waals surface area contributed by atoms with Crippen LogP contribution in [0.3, 0.4) is 0 Å². The fourth-order valence-electron chi connectivity index (χ4n) is 2.52. The molecule has 3 heteroatoms. The average Bonchev–Trinajstić information content (AvgIpc) is 2.75. The Hall–Kier alpha value is -0.960. The molecule has 1 N–H and O–H groups in total. The van der Waals surface area contributed by atoms with Crippen LogP contribution in [-0.2, 0) is 19.3 Å². The maximum Gasteiger partial charge on any atom is 0.254 e. The van der Waals surface area contributed by atoms with Crippen LogP contribution in [0.15, 0.2) is 18.2 Å². The van der Waals surface area contributed by atoms with Gasteiger partial charge < -0.3 is 5.32 Å². The summed E-state index contributed by atoms with van der Waals surface area (Å²) >= 11 is 0. The highest BCUT2D eigenvalue weighted by molar-refractivity contribution is 5.35. The van der Waals surface area contributed by atoms with Crippen LogP contribution in [0.4, 0.5) is 8.78 Å². The van der Waals surface area contributed by atoms with E-state index in [0.717, 1.165) is 18.4 Å². The number of fused-ring (bicyclic) bond motifs is 1. The molecular formula is C14H19F2N. The minimum atomic E-state index is -2.30. The molecular weight excluding hydrogens is 220 g/mol. The van der Waals surface area contributed by atoms with Gasteiger partial charge in [-0.2, -0.15) is 0 Å². The highest BCUT2D eigenvalue weighted by Crippen LogP contribution is 2.23. The topological polar surface area (TPSA) is 12.0 Å². The van der Waals surface area contributed by atoms with Gasteiger partial charge in [0, 0.05) is 0 Å². The van der Waals surface area contributed by atoms with E-state index in [1.54, 1.807) is 0 Å². The second-order valence-corrected chi connectivity index (χ2v) is 4.66. The highest BCUT2D eigenvalue weighted by atomic mass is 19.3. The smallest absolute Gasteiger partial charge is 0.254 e. The zero-order valence-electron chi connectivity index (χ0n) is 10.2. The van der Waals surface area contributed by atoms with Gasteiger partial charge in [0.25, 0.3) is 6.43 Å². The van der Waals surface area contributed by atoms with E-state index < -0.39 is 12.5 Å². The van der Waals surface area contributed by atoms with Crippen LogP contribution < -0.4 is 5.32 Å². The number of rotatable bonds is 5. The molecule has 0 aromatic heterocycles. The predicted octanol–water partition coefficient (Wildman–Crippen LogP) is 2.96. The Bertz CT molecular complexity index is 376. The van der Waals surface area contributed by atoms with E-state index in [1.165, 1.54) is 17.5 Å². The van der Waals surface area contributed by atoms with E-state index in [9.17, 15) is 8.78 Å². The second-order valence-electron chi connectivity index (χ2n) is 4.66. The Kier molecular flexibility index (Phi) is 4.11. The zero-order chi connectivity index (χ0) is 12.3. The fraction of sp³-hybridized carbons (Fsp3) is 0.571. The number of halogens is 2. The van der Waals surface area contributed by atoms with E-state index in [-0.39, 0.29) is 0 Å². The summed E-state index contributed by atoms with van der Waals surface area (Å²) < 4.78 is 25.6. The third-order valence-corrected chi connectivity index (χ3v) is 3.39. The maximum absolute atomic E-state index is 12.8. The van der Waals surface area contributed by atoms with Gasteiger partial charge in [0.1, 0.15) is 0 Å². The van der Waals surface area contributed by atoms with Crippen LogP contribution in [0.25, 0.3) is 0 Å². The molecule has 1 aliphatic rings. The van der Waals surface area contributed by atoms with Gasteiger partial charge >= 0.3 is 0 Å². The standard InChI is InChI=1S/C14H19F2N/c1-2-17-13(14(15)16)9-10-6-7-11-4-3-5-12(11)8-10/h6-8,13-14,17H,2-5,9H2,1H3. The molecule has 1 nitrogen and oxygen atoms in total. The predicted molar refractivity (Wildman–Crippen MR) is 65.6 cm³/mol. The van der Waals surface area contributed by atoms with Crippen molar-refractivity contribution in [2.45, 2.75) is 45.1 Å². The average molecular weight is 239 g/mol. The van der Waals surface area contributed by atoms with Gasteiger partial charge in [-0.15, -0.1) is 0 Å². The third-order valence-electron chi connectivity index (χ3n) is 3.39. The number of nitrogens with one attached hydrogen (secondary N) is 1. The molecule has 0 saturated carbocycles. The minimum Gasteiger partial charge on any atom is -0.309 e. The lowest BCUT2D eigenvalue weighted by Gasteiger charge is -2.17. The summed E-state index contributed by atoms with van der Waals surface area (Å²) in [4.78, 5) is 0. The van der Waals surface area contributed by atoms with Crippen LogP contribution >= 0.6 is 0 Å². The molecule has 0 fully saturated rings. The minimum absolute atomic E-state index is 0.415. The first kappa shape index (κ1) is 12.5. The zero-order valence-corrected chi connectivity index (χ0v) is 10.2. The summed E-state index contributed by atoms with van der Waals surface area (Å²) in [6.45, 7) is 2.44. The van der Waals surface area contributed by atoms with Crippen LogP contribution in [0, 0.1) is 0 Å². The van der Waals surface area contributed by atoms with E-state index in [0.29, 0.717) is 13.0 Å². The molecule has 1 aromatic rings. The van der Waals surface area contributed by atoms with Crippen LogP contribution in [0.2, 0.25) is 0 Å². The molecule has 1 atom stereocenters. The first-order valence-electron chi connectivity index (χ1n) is 6.33. The Balaban J connectivity index is 2.07. The Morgan fingerprint density at radius 2 is 2.00 bits per heavy atom. The number of benzene rings is 1. The van der Waals surface area contributed by atoms with E-state index in [4.69, 9.17) is 0 Å². The summed E-state index contributed by atoms with van der Waals surface area (Å²) in [5, 5.41) is 2.85. The van der Waals surface area contributed by atoms with Gasteiger partial charge in [-0.05, 0) is 48.9 Å². The van der Waals surface area contributed by atoms with E-state index in [2.05, 4.69) is 17.4 Å². The van der Waals surface area contributed by atoms with Gasteiger partial charge in [0.2, 0.25) is 0 Å². The van der Waals surface area contributed by atoms with Crippen molar-refractivity contribution in [3.8, 4) is 0 Å². The molecule has 0 radical (unpaired) electrons. The summed E-state index contributed by atoms with van der Waals surface area (Å²) in [6.07, 6.45) is 1.55. The summed E-state index contributed by atoms with van der Waals surface area (Å²) in [6, 6.07) is 5.48. The lowest BCUT2D eigenvalue weighted by molar-refractivity contribution is 0.0991. The van der Waals surface area contributed by atoms with Crippen LogP contribution in [0.5, 0.6) is 0 Å². The second kappa shape index (κ2) is 5.58. The molecule has 0 saturated heterocycles. The monoisotopic (exact) mass is 239 g/mol. The largest absolute Gasteiger partial charge is 0.309 e. The molecule has 0 amide bonds. The van der Waals surface area contributed by atoms with Crippen molar-refractivity contribution in [1.29, 1.82) is 0 Å². The molecule has 0 bridgehead atoms. The lowest BCUT2D eigenvalue weighted by Crippen LogP contribution is -2.37. The third kappa shape index (κ3) is 3.03. The fourth-order valence-corrected chi connectivity index (χ4v) is 2.52. The molecule has 0 heterocycles. The van der Waals surface area contributed by atoms with Gasteiger partial charge in [-0.3, -0.25) is 0 Å². The summed E-state index contributed by atoms with van der Waals surface area (Å²) in [5.41, 5.74) is 3.77. The van der Waals surface area contributed by atoms with E-state index >= 15 is 0 Å². The summed E-state index contributed by atoms with van der Waals surface area (Å²) in [7, 11) is 0. The Morgan fingerprint density at radius 3 is 2.71 bits per heavy atom. The number of aryl methyl sites for hydroxylation is 2. The molecule has 94 valence electrons. The van der Waals surface area contributed by atoms with Crippen LogP contribution in [-0.4, -0.2) is 19.0 Å². The van der Waals surface area contributed by atoms with Crippen molar-refractivity contribution >= 4 is 0 Å². The van der Waals surface area contributed by atoms with Crippen molar-refractivity contribution in [1.82, 2.24) is 5.32 Å². The molecule has 1 aliphatic carbocycles. The van der Waals surface area contributed by atoms with Crippen molar-refractivity contribution in [2.24, 2.45) is 0 Å². The molecule has 17 heavy (non-hydrogen) atoms. The van der Waals surface area contributed by atoms with Crippen molar-refractivity contribution in [3.05, 3.63) is 34.9 Å². The van der Waals surface area contributed by atoms with Crippen molar-refractivity contribution < 1.29 is 8.78 Å². The van der Waals surface area contributed by atoms with Crippen LogP contribution in [0.1, 0.15) is 30.0 Å². The quantitative estimate of drug-likeness (QED) is 0.833. The number of hydrogen-bond acceptors (Lipinski definition) is 1. The first-order valence-corrected chi connectivity index (χ1v) is 6.33. The highest BCUT2D eigenvalue weighted by Gasteiger charge is 2.20. The molecule has 1 aromatic carbocycles. The normalized spacial score (nSPS) is 16.2. The molecule has 2 rings (SSSR count). The lowest BCUT2D eigenvalue weighted by atomic mass is 10.0. The van der Waals surface area contributed by atoms with E-state index in [1.807, 2.05) is 13.0 Å². The van der Waals surface area contributed by atoms with Crippen molar-refractivity contribution in [3.63, 3.8) is 0 Å². The van der Waals surface area contributed by atoms with Gasteiger partial charge in [-0.1, -0.05) is 25.1 Å². The van der Waals surface area contributed by atoms with Gasteiger partial charge in [0.05, 0.1) is 6.04 Å². The Morgan fingerprint density at radius 1 is 1.24 bits per heavy atom. The number of hydrogen-bond donors (Lipinski definition) is 1. The molecule has 0 spiro atoms. The molecule has 0 aliphatic heterocycles. The molecule has 1 unspecified atom stereocenters. The Labute approximate surface area is 101 Å².